The van der Waals surface area contributed by atoms with Crippen LogP contribution < -0.4 is 0 Å². The largest absolute Gasteiger partial charge is 0.455 e. The van der Waals surface area contributed by atoms with E-state index in [1.807, 2.05) is 91.0 Å². The lowest BCUT2D eigenvalue weighted by Gasteiger charge is -2.18. The molecule has 1 nitrogen and oxygen atoms in total. The van der Waals surface area contributed by atoms with Crippen LogP contribution in [-0.4, -0.2) is 0 Å². The second-order valence-electron chi connectivity index (χ2n) is 9.37. The summed E-state index contributed by atoms with van der Waals surface area (Å²) in [5.41, 5.74) is 3.14. The highest BCUT2D eigenvalue weighted by atomic mass is 16.3. The van der Waals surface area contributed by atoms with Crippen LogP contribution in [0, 0.1) is 0 Å². The van der Waals surface area contributed by atoms with Crippen LogP contribution in [0.2, 0.25) is 0 Å². The minimum absolute atomic E-state index is 0.0574. The summed E-state index contributed by atoms with van der Waals surface area (Å²) in [5, 5.41) is 5.04. The van der Waals surface area contributed by atoms with Crippen molar-refractivity contribution in [1.29, 1.82) is 0 Å². The molecule has 0 fully saturated rings. The Morgan fingerprint density at radius 3 is 1.59 bits per heavy atom. The van der Waals surface area contributed by atoms with Gasteiger partial charge in [-0.3, -0.25) is 0 Å². The quantitative estimate of drug-likeness (QED) is 0.218. The highest BCUT2D eigenvalue weighted by Gasteiger charge is 2.19. The third-order valence-electron chi connectivity index (χ3n) is 7.23. The average Bonchev–Trinajstić information content (AvgIpc) is 3.49. The van der Waals surface area contributed by atoms with Gasteiger partial charge in [-0.25, -0.2) is 0 Å². The third-order valence-corrected chi connectivity index (χ3v) is 7.23. The second-order valence-corrected chi connectivity index (χ2v) is 9.37. The van der Waals surface area contributed by atoms with Gasteiger partial charge < -0.3 is 4.42 Å². The first-order valence-electron chi connectivity index (χ1n) is 17.1. The minimum atomic E-state index is -0.612. The first kappa shape index (κ1) is 14.7. The Hall–Kier alpha value is -5.14. The molecule has 0 spiro atoms. The molecule has 39 heavy (non-hydrogen) atoms. The molecule has 8 aromatic rings. The molecule has 182 valence electrons. The van der Waals surface area contributed by atoms with E-state index in [1.165, 1.54) is 0 Å². The van der Waals surface area contributed by atoms with Crippen molar-refractivity contribution in [2.45, 2.75) is 0 Å². The van der Waals surface area contributed by atoms with E-state index in [0.29, 0.717) is 16.3 Å². The number of hydrogen-bond acceptors (Lipinski definition) is 1. The smallest absolute Gasteiger partial charge is 0.143 e. The van der Waals surface area contributed by atoms with Crippen LogP contribution in [0.5, 0.6) is 0 Å². The predicted octanol–water partition coefficient (Wildman–Crippen LogP) is 10.9. The van der Waals surface area contributed by atoms with Gasteiger partial charge in [0.1, 0.15) is 11.2 Å². The SMILES string of the molecule is [2H]c1c([2H])c([2H])c(-c2c([2H])c([2H])c(-c3c4ccccc4c(-c4cccc5c4oc4ccccc45)c4ccccc34)c([2H])c2[2H])c([2H])c1[2H]. The Bertz CT molecular complexity index is 2560. The fourth-order valence-electron chi connectivity index (χ4n) is 5.57. The van der Waals surface area contributed by atoms with Gasteiger partial charge in [0.2, 0.25) is 0 Å². The molecule has 1 heteroatoms. The van der Waals surface area contributed by atoms with Crippen molar-refractivity contribution in [2.24, 2.45) is 0 Å². The van der Waals surface area contributed by atoms with Gasteiger partial charge in [-0.05, 0) is 49.9 Å². The van der Waals surface area contributed by atoms with Gasteiger partial charge >= 0.3 is 0 Å². The van der Waals surface area contributed by atoms with E-state index < -0.39 is 42.3 Å². The van der Waals surface area contributed by atoms with Gasteiger partial charge in [-0.15, -0.1) is 0 Å². The number of furan rings is 1. The van der Waals surface area contributed by atoms with Crippen LogP contribution >= 0.6 is 0 Å². The topological polar surface area (TPSA) is 13.1 Å². The highest BCUT2D eigenvalue weighted by Crippen LogP contribution is 2.46. The van der Waals surface area contributed by atoms with Gasteiger partial charge in [-0.2, -0.15) is 0 Å². The zero-order valence-electron chi connectivity index (χ0n) is 29.6. The van der Waals surface area contributed by atoms with Crippen molar-refractivity contribution in [1.82, 2.24) is 0 Å². The normalized spacial score (nSPS) is 14.8. The van der Waals surface area contributed by atoms with Gasteiger partial charge in [-0.1, -0.05) is 139 Å². The summed E-state index contributed by atoms with van der Waals surface area (Å²) in [6.45, 7) is 0. The fraction of sp³-hybridized carbons (Fsp3) is 0. The molecule has 1 aromatic heterocycles. The molecule has 7 aromatic carbocycles. The predicted molar refractivity (Wildman–Crippen MR) is 165 cm³/mol. The van der Waals surface area contributed by atoms with Gasteiger partial charge in [0.25, 0.3) is 0 Å². The molecule has 0 aliphatic carbocycles. The minimum Gasteiger partial charge on any atom is -0.455 e. The van der Waals surface area contributed by atoms with Gasteiger partial charge in [0.15, 0.2) is 0 Å². The Kier molecular flexibility index (Phi) is 3.29. The molecule has 0 N–H and O–H groups in total. The summed E-state index contributed by atoms with van der Waals surface area (Å²) in [4.78, 5) is 0. The van der Waals surface area contributed by atoms with Crippen LogP contribution in [-0.2, 0) is 0 Å². The number of para-hydroxylation sites is 2. The molecule has 0 radical (unpaired) electrons. The van der Waals surface area contributed by atoms with Gasteiger partial charge in [0.05, 0.1) is 12.3 Å². The van der Waals surface area contributed by atoms with Crippen molar-refractivity contribution in [3.8, 4) is 33.4 Å². The van der Waals surface area contributed by atoms with Crippen molar-refractivity contribution >= 4 is 43.5 Å². The molecule has 0 amide bonds. The zero-order valence-corrected chi connectivity index (χ0v) is 20.6. The molecule has 8 rings (SSSR count). The van der Waals surface area contributed by atoms with Crippen molar-refractivity contribution < 1.29 is 16.8 Å². The molecule has 1 heterocycles. The molecule has 0 saturated carbocycles. The summed E-state index contributed by atoms with van der Waals surface area (Å²) in [6.07, 6.45) is 0. The number of benzene rings is 7. The summed E-state index contributed by atoms with van der Waals surface area (Å²) in [6, 6.07) is 24.5. The molecular weight excluding hydrogens is 472 g/mol. The van der Waals surface area contributed by atoms with Crippen LogP contribution in [0.15, 0.2) is 150 Å². The Balaban J connectivity index is 1.49. The van der Waals surface area contributed by atoms with Crippen molar-refractivity contribution in [3.63, 3.8) is 0 Å². The van der Waals surface area contributed by atoms with Crippen LogP contribution in [0.3, 0.4) is 0 Å². The maximum absolute atomic E-state index is 9.23. The number of rotatable bonds is 3. The molecule has 0 unspecified atom stereocenters. The van der Waals surface area contributed by atoms with E-state index in [2.05, 4.69) is 0 Å². The van der Waals surface area contributed by atoms with Crippen molar-refractivity contribution in [2.75, 3.05) is 0 Å². The molecule has 0 saturated heterocycles. The fourth-order valence-corrected chi connectivity index (χ4v) is 5.57. The molecule has 0 aliphatic heterocycles. The Morgan fingerprint density at radius 1 is 0.410 bits per heavy atom. The van der Waals surface area contributed by atoms with E-state index in [-0.39, 0.29) is 28.8 Å². The summed E-state index contributed by atoms with van der Waals surface area (Å²) in [5.74, 6) is 0. The number of fused-ring (bicyclic) bond motifs is 5. The summed E-state index contributed by atoms with van der Waals surface area (Å²) < 4.78 is 84.2. The standard InChI is InChI=1S/C38H24O/c1-2-11-25(12-3-1)26-21-23-27(24-22-26)36-29-14-4-6-16-31(29)37(32-17-7-5-15-30(32)36)34-19-10-18-33-28-13-8-9-20-35(28)39-38(33)34/h1-24H/i1D,2D,3D,11D,12D,21D,22D,23D,24D. The van der Waals surface area contributed by atoms with E-state index in [9.17, 15) is 2.74 Å². The lowest BCUT2D eigenvalue weighted by Crippen LogP contribution is -1.91. The summed E-state index contributed by atoms with van der Waals surface area (Å²) >= 11 is 0. The first-order chi connectivity index (χ1) is 23.1. The number of hydrogen-bond donors (Lipinski definition) is 0. The Morgan fingerprint density at radius 2 is 0.923 bits per heavy atom. The van der Waals surface area contributed by atoms with Crippen LogP contribution in [0.1, 0.15) is 12.3 Å². The first-order valence-corrected chi connectivity index (χ1v) is 12.6. The zero-order chi connectivity index (χ0) is 33.6. The molecule has 0 atom stereocenters. The molecule has 0 bridgehead atoms. The highest BCUT2D eigenvalue weighted by molar-refractivity contribution is 6.24. The van der Waals surface area contributed by atoms with Gasteiger partial charge in [0, 0.05) is 21.9 Å². The molecular formula is C38H24O. The molecule has 0 aliphatic rings. The van der Waals surface area contributed by atoms with Crippen LogP contribution in [0.4, 0.5) is 0 Å². The van der Waals surface area contributed by atoms with E-state index in [0.717, 1.165) is 43.8 Å². The van der Waals surface area contributed by atoms with Crippen molar-refractivity contribution in [3.05, 3.63) is 145 Å². The van der Waals surface area contributed by atoms with E-state index >= 15 is 0 Å². The average molecular weight is 506 g/mol. The van der Waals surface area contributed by atoms with Crippen LogP contribution in [0.25, 0.3) is 76.9 Å². The second kappa shape index (κ2) is 8.72. The van der Waals surface area contributed by atoms with E-state index in [1.54, 1.807) is 0 Å². The lowest BCUT2D eigenvalue weighted by molar-refractivity contribution is 0.670. The monoisotopic (exact) mass is 505 g/mol. The lowest BCUT2D eigenvalue weighted by atomic mass is 9.85. The maximum atomic E-state index is 9.23. The maximum Gasteiger partial charge on any atom is 0.143 e. The van der Waals surface area contributed by atoms with E-state index in [4.69, 9.17) is 14.0 Å². The summed E-state index contributed by atoms with van der Waals surface area (Å²) in [7, 11) is 0. The third kappa shape index (κ3) is 3.41. The Labute approximate surface area is 239 Å².